The number of carbonyl (C=O) groups excluding carboxylic acids is 1. The highest BCUT2D eigenvalue weighted by molar-refractivity contribution is 7.17. The second kappa shape index (κ2) is 8.29. The molecule has 8 heteroatoms. The Labute approximate surface area is 187 Å². The van der Waals surface area contributed by atoms with Gasteiger partial charge in [0.25, 0.3) is 5.91 Å². The number of imidazole rings is 1. The number of aromatic nitrogens is 4. The van der Waals surface area contributed by atoms with Gasteiger partial charge in [-0.15, -0.1) is 11.3 Å². The molecule has 3 heterocycles. The second-order valence-electron chi connectivity index (χ2n) is 6.82. The molecule has 0 fully saturated rings. The summed E-state index contributed by atoms with van der Waals surface area (Å²) in [4.78, 5) is 26.3. The molecule has 1 amide bonds. The quantitative estimate of drug-likeness (QED) is 0.407. The predicted octanol–water partition coefficient (Wildman–Crippen LogP) is 5.13. The third-order valence-electron chi connectivity index (χ3n) is 4.80. The van der Waals surface area contributed by atoms with E-state index in [4.69, 9.17) is 11.6 Å². The van der Waals surface area contributed by atoms with Gasteiger partial charge in [0.15, 0.2) is 0 Å². The van der Waals surface area contributed by atoms with Crippen molar-refractivity contribution in [3.63, 3.8) is 0 Å². The monoisotopic (exact) mass is 445 g/mol. The number of halogens is 1. The van der Waals surface area contributed by atoms with Crippen LogP contribution in [-0.2, 0) is 6.54 Å². The van der Waals surface area contributed by atoms with E-state index in [9.17, 15) is 4.79 Å². The van der Waals surface area contributed by atoms with E-state index >= 15 is 0 Å². The highest BCUT2D eigenvalue weighted by Crippen LogP contribution is 2.30. The van der Waals surface area contributed by atoms with Crippen LogP contribution in [0.1, 0.15) is 15.2 Å². The summed E-state index contributed by atoms with van der Waals surface area (Å²) in [5.41, 5.74) is 3.63. The number of rotatable bonds is 5. The van der Waals surface area contributed by atoms with Crippen LogP contribution in [0.3, 0.4) is 0 Å². The fraction of sp³-hybridized carbons (Fsp3) is 0.0435. The Kier molecular flexibility index (Phi) is 5.19. The first-order chi connectivity index (χ1) is 15.2. The van der Waals surface area contributed by atoms with Crippen LogP contribution in [0.5, 0.6) is 0 Å². The molecular weight excluding hydrogens is 430 g/mol. The van der Waals surface area contributed by atoms with E-state index < -0.39 is 0 Å². The Hall–Kier alpha value is -3.55. The molecular formula is C23H16ClN5OS. The molecule has 0 saturated carbocycles. The van der Waals surface area contributed by atoms with Crippen molar-refractivity contribution < 1.29 is 4.79 Å². The van der Waals surface area contributed by atoms with Crippen molar-refractivity contribution in [1.82, 2.24) is 24.8 Å². The number of fused-ring (bicyclic) bond motifs is 1. The summed E-state index contributed by atoms with van der Waals surface area (Å²) in [7, 11) is 0. The SMILES string of the molecule is O=C(NCc1ccc(-n2cnc3ccccc32)nc1)c1cnc(-c2ccccc2Cl)s1. The first kappa shape index (κ1) is 19.4. The molecule has 31 heavy (non-hydrogen) atoms. The summed E-state index contributed by atoms with van der Waals surface area (Å²) in [6.45, 7) is 0.371. The number of benzene rings is 2. The molecule has 0 saturated heterocycles. The van der Waals surface area contributed by atoms with Gasteiger partial charge in [0.05, 0.1) is 22.3 Å². The zero-order chi connectivity index (χ0) is 21.2. The average Bonchev–Trinajstić information content (AvgIpc) is 3.46. The summed E-state index contributed by atoms with van der Waals surface area (Å²) >= 11 is 7.54. The molecule has 0 atom stereocenters. The average molecular weight is 446 g/mol. The Bertz CT molecular complexity index is 1380. The minimum atomic E-state index is -0.180. The number of hydrogen-bond donors (Lipinski definition) is 1. The maximum atomic E-state index is 12.5. The van der Waals surface area contributed by atoms with Crippen molar-refractivity contribution in [3.8, 4) is 16.4 Å². The summed E-state index contributed by atoms with van der Waals surface area (Å²) in [5.74, 6) is 0.594. The van der Waals surface area contributed by atoms with Gasteiger partial charge in [0, 0.05) is 18.3 Å². The van der Waals surface area contributed by atoms with Crippen LogP contribution in [0.25, 0.3) is 27.4 Å². The Morgan fingerprint density at radius 3 is 2.65 bits per heavy atom. The molecule has 5 rings (SSSR count). The van der Waals surface area contributed by atoms with Crippen LogP contribution in [0.15, 0.2) is 79.4 Å². The zero-order valence-electron chi connectivity index (χ0n) is 16.2. The van der Waals surface area contributed by atoms with Gasteiger partial charge in [-0.25, -0.2) is 15.0 Å². The molecule has 0 aliphatic carbocycles. The maximum Gasteiger partial charge on any atom is 0.263 e. The molecule has 0 spiro atoms. The second-order valence-corrected chi connectivity index (χ2v) is 8.26. The lowest BCUT2D eigenvalue weighted by Crippen LogP contribution is -2.21. The van der Waals surface area contributed by atoms with E-state index in [0.717, 1.165) is 28.0 Å². The third-order valence-corrected chi connectivity index (χ3v) is 6.16. The lowest BCUT2D eigenvalue weighted by molar-refractivity contribution is 0.0954. The summed E-state index contributed by atoms with van der Waals surface area (Å²) < 4.78 is 1.94. The first-order valence-electron chi connectivity index (χ1n) is 9.55. The smallest absolute Gasteiger partial charge is 0.263 e. The maximum absolute atomic E-state index is 12.5. The number of amides is 1. The standard InChI is InChI=1S/C23H16ClN5OS/c24-17-6-2-1-5-16(17)23-27-13-20(31-23)22(30)26-12-15-9-10-21(25-11-15)29-14-28-18-7-3-4-8-19(18)29/h1-11,13-14H,12H2,(H,26,30). The van der Waals surface area contributed by atoms with Gasteiger partial charge >= 0.3 is 0 Å². The highest BCUT2D eigenvalue weighted by atomic mass is 35.5. The lowest BCUT2D eigenvalue weighted by Gasteiger charge is -2.06. The zero-order valence-corrected chi connectivity index (χ0v) is 17.8. The largest absolute Gasteiger partial charge is 0.347 e. The molecule has 0 aliphatic heterocycles. The van der Waals surface area contributed by atoms with Crippen LogP contribution < -0.4 is 5.32 Å². The third kappa shape index (κ3) is 3.93. The summed E-state index contributed by atoms with van der Waals surface area (Å²) in [6.07, 6.45) is 5.09. The number of carbonyl (C=O) groups is 1. The normalized spacial score (nSPS) is 11.0. The predicted molar refractivity (Wildman–Crippen MR) is 123 cm³/mol. The van der Waals surface area contributed by atoms with Crippen LogP contribution >= 0.6 is 22.9 Å². The number of thiazole rings is 1. The molecule has 6 nitrogen and oxygen atoms in total. The number of para-hydroxylation sites is 2. The van der Waals surface area contributed by atoms with Crippen molar-refractivity contribution in [3.05, 3.63) is 94.8 Å². The number of nitrogens with one attached hydrogen (secondary N) is 1. The van der Waals surface area contributed by atoms with Crippen molar-refractivity contribution in [2.75, 3.05) is 0 Å². The molecule has 5 aromatic rings. The number of nitrogens with zero attached hydrogens (tertiary/aromatic N) is 4. The molecule has 152 valence electrons. The van der Waals surface area contributed by atoms with Crippen LogP contribution in [0.4, 0.5) is 0 Å². The Balaban J connectivity index is 1.26. The van der Waals surface area contributed by atoms with Crippen molar-refractivity contribution >= 4 is 39.9 Å². The minimum Gasteiger partial charge on any atom is -0.347 e. The first-order valence-corrected chi connectivity index (χ1v) is 10.7. The number of pyridine rings is 1. The fourth-order valence-corrected chi connectivity index (χ4v) is 4.37. The highest BCUT2D eigenvalue weighted by Gasteiger charge is 2.13. The molecule has 0 unspecified atom stereocenters. The van der Waals surface area contributed by atoms with Crippen LogP contribution in [0, 0.1) is 0 Å². The van der Waals surface area contributed by atoms with E-state index in [1.54, 1.807) is 24.8 Å². The van der Waals surface area contributed by atoms with Crippen molar-refractivity contribution in [2.45, 2.75) is 6.54 Å². The molecule has 0 radical (unpaired) electrons. The van der Waals surface area contributed by atoms with Gasteiger partial charge in [-0.05, 0) is 29.8 Å². The van der Waals surface area contributed by atoms with E-state index in [2.05, 4.69) is 20.3 Å². The Morgan fingerprint density at radius 1 is 0.968 bits per heavy atom. The van der Waals surface area contributed by atoms with Crippen molar-refractivity contribution in [1.29, 1.82) is 0 Å². The fourth-order valence-electron chi connectivity index (χ4n) is 3.21. The summed E-state index contributed by atoms with van der Waals surface area (Å²) in [6, 6.07) is 19.2. The molecule has 0 bridgehead atoms. The minimum absolute atomic E-state index is 0.180. The van der Waals surface area contributed by atoms with Gasteiger partial charge in [0.2, 0.25) is 0 Å². The van der Waals surface area contributed by atoms with Gasteiger partial charge in [-0.2, -0.15) is 0 Å². The van der Waals surface area contributed by atoms with Crippen LogP contribution in [-0.4, -0.2) is 25.4 Å². The van der Waals surface area contributed by atoms with E-state index in [1.165, 1.54) is 11.3 Å². The molecule has 2 aromatic carbocycles. The topological polar surface area (TPSA) is 72.7 Å². The lowest BCUT2D eigenvalue weighted by atomic mass is 10.2. The van der Waals surface area contributed by atoms with E-state index in [-0.39, 0.29) is 5.91 Å². The van der Waals surface area contributed by atoms with E-state index in [1.807, 2.05) is 59.2 Å². The molecule has 0 aliphatic rings. The van der Waals surface area contributed by atoms with Gasteiger partial charge in [-0.1, -0.05) is 48.0 Å². The Morgan fingerprint density at radius 2 is 1.81 bits per heavy atom. The van der Waals surface area contributed by atoms with Gasteiger partial charge in [-0.3, -0.25) is 9.36 Å². The van der Waals surface area contributed by atoms with E-state index in [0.29, 0.717) is 21.5 Å². The van der Waals surface area contributed by atoms with Crippen LogP contribution in [0.2, 0.25) is 5.02 Å². The molecule has 1 N–H and O–H groups in total. The number of hydrogen-bond acceptors (Lipinski definition) is 5. The van der Waals surface area contributed by atoms with Gasteiger partial charge < -0.3 is 5.32 Å². The van der Waals surface area contributed by atoms with Crippen molar-refractivity contribution in [2.24, 2.45) is 0 Å². The summed E-state index contributed by atoms with van der Waals surface area (Å²) in [5, 5.41) is 4.25. The molecule has 3 aromatic heterocycles. The van der Waals surface area contributed by atoms with Gasteiger partial charge in [0.1, 0.15) is 22.0 Å².